The third kappa shape index (κ3) is 5.64. The molecule has 0 radical (unpaired) electrons. The summed E-state index contributed by atoms with van der Waals surface area (Å²) in [4.78, 5) is 12.2. The van der Waals surface area contributed by atoms with E-state index < -0.39 is 0 Å². The van der Waals surface area contributed by atoms with Crippen molar-refractivity contribution in [3.05, 3.63) is 82.3 Å². The molecule has 0 aromatic heterocycles. The third-order valence-electron chi connectivity index (χ3n) is 3.73. The fourth-order valence-corrected chi connectivity index (χ4v) is 2.75. The average molecular weight is 401 g/mol. The number of hydrogen-bond acceptors (Lipinski definition) is 3. The highest BCUT2D eigenvalue weighted by Crippen LogP contribution is 2.32. The molecule has 27 heavy (non-hydrogen) atoms. The minimum Gasteiger partial charge on any atom is -0.455 e. The van der Waals surface area contributed by atoms with E-state index >= 15 is 0 Å². The zero-order valence-electron chi connectivity index (χ0n) is 14.6. The van der Waals surface area contributed by atoms with Gasteiger partial charge in [0.2, 0.25) is 5.91 Å². The van der Waals surface area contributed by atoms with Gasteiger partial charge in [0.1, 0.15) is 5.75 Å². The Bertz CT molecular complexity index is 943. The topological polar surface area (TPSA) is 50.4 Å². The zero-order chi connectivity index (χ0) is 19.2. The van der Waals surface area contributed by atoms with E-state index in [1.165, 1.54) is 0 Å². The van der Waals surface area contributed by atoms with Crippen molar-refractivity contribution in [1.82, 2.24) is 0 Å². The minimum absolute atomic E-state index is 0.0626. The minimum atomic E-state index is -0.196. The maximum absolute atomic E-state index is 12.2. The standard InChI is InChI=1S/C21H18Cl2N2O2/c1-14-3-2-4-18(11-14)27-20-10-7-16(23)12-19(20)24-13-21(26)25-17-8-5-15(22)6-9-17/h2-12,24H,13H2,1H3,(H,25,26). The molecular formula is C21H18Cl2N2O2. The number of ether oxygens (including phenoxy) is 1. The molecule has 4 nitrogen and oxygen atoms in total. The number of hydrogen-bond donors (Lipinski definition) is 2. The van der Waals surface area contributed by atoms with Crippen LogP contribution in [0.25, 0.3) is 0 Å². The van der Waals surface area contributed by atoms with E-state index in [0.717, 1.165) is 5.56 Å². The molecule has 0 aliphatic rings. The van der Waals surface area contributed by atoms with E-state index in [1.54, 1.807) is 42.5 Å². The molecule has 0 saturated carbocycles. The van der Waals surface area contributed by atoms with E-state index in [2.05, 4.69) is 10.6 Å². The molecule has 0 aliphatic carbocycles. The molecule has 0 aliphatic heterocycles. The number of rotatable bonds is 6. The van der Waals surface area contributed by atoms with Crippen LogP contribution >= 0.6 is 23.2 Å². The van der Waals surface area contributed by atoms with Gasteiger partial charge in [-0.25, -0.2) is 0 Å². The first-order valence-corrected chi connectivity index (χ1v) is 9.08. The van der Waals surface area contributed by atoms with Gasteiger partial charge in [-0.1, -0.05) is 35.3 Å². The van der Waals surface area contributed by atoms with Gasteiger partial charge in [-0.05, 0) is 67.1 Å². The number of nitrogens with one attached hydrogen (secondary N) is 2. The highest BCUT2D eigenvalue weighted by Gasteiger charge is 2.09. The van der Waals surface area contributed by atoms with Crippen molar-refractivity contribution in [3.63, 3.8) is 0 Å². The first-order chi connectivity index (χ1) is 13.0. The Labute approximate surface area is 168 Å². The van der Waals surface area contributed by atoms with E-state index in [0.29, 0.717) is 32.9 Å². The Kier molecular flexibility index (Phi) is 6.22. The van der Waals surface area contributed by atoms with Crippen LogP contribution in [-0.4, -0.2) is 12.5 Å². The lowest BCUT2D eigenvalue weighted by molar-refractivity contribution is -0.114. The summed E-state index contributed by atoms with van der Waals surface area (Å²) in [6.45, 7) is 2.06. The Morgan fingerprint density at radius 3 is 2.44 bits per heavy atom. The quantitative estimate of drug-likeness (QED) is 0.521. The van der Waals surface area contributed by atoms with Crippen LogP contribution in [0.4, 0.5) is 11.4 Å². The zero-order valence-corrected chi connectivity index (χ0v) is 16.1. The van der Waals surface area contributed by atoms with Gasteiger partial charge in [-0.3, -0.25) is 4.79 Å². The summed E-state index contributed by atoms with van der Waals surface area (Å²) in [5.41, 5.74) is 2.40. The summed E-state index contributed by atoms with van der Waals surface area (Å²) in [7, 11) is 0. The van der Waals surface area contributed by atoms with Crippen LogP contribution in [-0.2, 0) is 4.79 Å². The van der Waals surface area contributed by atoms with Gasteiger partial charge in [0.15, 0.2) is 5.75 Å². The predicted octanol–water partition coefficient (Wildman–Crippen LogP) is 6.14. The van der Waals surface area contributed by atoms with Crippen LogP contribution in [0.15, 0.2) is 66.7 Å². The summed E-state index contributed by atoms with van der Waals surface area (Å²) in [6, 6.07) is 19.9. The van der Waals surface area contributed by atoms with Gasteiger partial charge in [0, 0.05) is 15.7 Å². The molecule has 0 fully saturated rings. The van der Waals surface area contributed by atoms with Gasteiger partial charge in [0.05, 0.1) is 12.2 Å². The predicted molar refractivity (Wildman–Crippen MR) is 111 cm³/mol. The number of aryl methyl sites for hydroxylation is 1. The van der Waals surface area contributed by atoms with Crippen LogP contribution in [0.1, 0.15) is 5.56 Å². The highest BCUT2D eigenvalue weighted by atomic mass is 35.5. The number of benzene rings is 3. The molecule has 0 bridgehead atoms. The van der Waals surface area contributed by atoms with Gasteiger partial charge in [-0.2, -0.15) is 0 Å². The summed E-state index contributed by atoms with van der Waals surface area (Å²) in [5, 5.41) is 7.03. The van der Waals surface area contributed by atoms with Crippen LogP contribution in [0, 0.1) is 6.92 Å². The summed E-state index contributed by atoms with van der Waals surface area (Å²) in [6.07, 6.45) is 0. The second kappa shape index (κ2) is 8.80. The Morgan fingerprint density at radius 1 is 0.963 bits per heavy atom. The molecule has 3 aromatic rings. The van der Waals surface area contributed by atoms with Gasteiger partial charge < -0.3 is 15.4 Å². The molecule has 3 aromatic carbocycles. The highest BCUT2D eigenvalue weighted by molar-refractivity contribution is 6.31. The summed E-state index contributed by atoms with van der Waals surface area (Å²) < 4.78 is 5.94. The van der Waals surface area contributed by atoms with Crippen LogP contribution in [0.5, 0.6) is 11.5 Å². The fraction of sp³-hybridized carbons (Fsp3) is 0.0952. The molecule has 0 unspecified atom stereocenters. The van der Waals surface area contributed by atoms with E-state index in [9.17, 15) is 4.79 Å². The molecule has 0 atom stereocenters. The second-order valence-electron chi connectivity index (χ2n) is 5.97. The molecule has 0 spiro atoms. The van der Waals surface area contributed by atoms with Gasteiger partial charge in [-0.15, -0.1) is 0 Å². The molecule has 0 saturated heterocycles. The smallest absolute Gasteiger partial charge is 0.243 e. The maximum Gasteiger partial charge on any atom is 0.243 e. The normalized spacial score (nSPS) is 10.3. The first kappa shape index (κ1) is 19.1. The number of amides is 1. The maximum atomic E-state index is 12.2. The molecule has 3 rings (SSSR count). The fourth-order valence-electron chi connectivity index (χ4n) is 2.45. The monoisotopic (exact) mass is 400 g/mol. The second-order valence-corrected chi connectivity index (χ2v) is 6.84. The lowest BCUT2D eigenvalue weighted by Gasteiger charge is -2.14. The van der Waals surface area contributed by atoms with Gasteiger partial charge in [0.25, 0.3) is 0 Å². The summed E-state index contributed by atoms with van der Waals surface area (Å²) in [5.74, 6) is 1.11. The third-order valence-corrected chi connectivity index (χ3v) is 4.21. The van der Waals surface area contributed by atoms with Gasteiger partial charge >= 0.3 is 0 Å². The molecule has 138 valence electrons. The molecule has 2 N–H and O–H groups in total. The SMILES string of the molecule is Cc1cccc(Oc2ccc(Cl)cc2NCC(=O)Nc2ccc(Cl)cc2)c1. The Hall–Kier alpha value is -2.69. The largest absolute Gasteiger partial charge is 0.455 e. The van der Waals surface area contributed by atoms with E-state index in [-0.39, 0.29) is 12.5 Å². The molecule has 0 heterocycles. The Balaban J connectivity index is 1.67. The van der Waals surface area contributed by atoms with Crippen molar-refractivity contribution in [1.29, 1.82) is 0 Å². The molecule has 1 amide bonds. The van der Waals surface area contributed by atoms with Crippen molar-refractivity contribution in [2.24, 2.45) is 0 Å². The lowest BCUT2D eigenvalue weighted by atomic mass is 10.2. The number of halogens is 2. The number of carbonyl (C=O) groups is 1. The lowest BCUT2D eigenvalue weighted by Crippen LogP contribution is -2.21. The first-order valence-electron chi connectivity index (χ1n) is 8.33. The van der Waals surface area contributed by atoms with E-state index in [4.69, 9.17) is 27.9 Å². The number of anilines is 2. The Morgan fingerprint density at radius 2 is 1.70 bits per heavy atom. The van der Waals surface area contributed by atoms with Crippen LogP contribution in [0.3, 0.4) is 0 Å². The number of carbonyl (C=O) groups excluding carboxylic acids is 1. The van der Waals surface area contributed by atoms with Crippen molar-refractivity contribution >= 4 is 40.5 Å². The van der Waals surface area contributed by atoms with Crippen molar-refractivity contribution < 1.29 is 9.53 Å². The molecular weight excluding hydrogens is 383 g/mol. The van der Waals surface area contributed by atoms with Crippen LogP contribution in [0.2, 0.25) is 10.0 Å². The van der Waals surface area contributed by atoms with Crippen molar-refractivity contribution in [2.75, 3.05) is 17.2 Å². The van der Waals surface area contributed by atoms with E-state index in [1.807, 2.05) is 31.2 Å². The molecule has 6 heteroatoms. The average Bonchev–Trinajstić information content (AvgIpc) is 2.64. The van der Waals surface area contributed by atoms with Crippen LogP contribution < -0.4 is 15.4 Å². The van der Waals surface area contributed by atoms with Crippen molar-refractivity contribution in [3.8, 4) is 11.5 Å². The van der Waals surface area contributed by atoms with Crippen molar-refractivity contribution in [2.45, 2.75) is 6.92 Å². The summed E-state index contributed by atoms with van der Waals surface area (Å²) >= 11 is 11.9.